The summed E-state index contributed by atoms with van der Waals surface area (Å²) < 4.78 is 5.06. The lowest BCUT2D eigenvalue weighted by molar-refractivity contribution is 0.0533. The second-order valence-corrected chi connectivity index (χ2v) is 5.02. The highest BCUT2D eigenvalue weighted by Gasteiger charge is 2.14. The maximum atomic E-state index is 11.7. The van der Waals surface area contributed by atoms with Crippen molar-refractivity contribution in [2.45, 2.75) is 26.4 Å². The zero-order valence-electron chi connectivity index (χ0n) is 11.5. The Balaban J connectivity index is 2.35. The minimum Gasteiger partial charge on any atom is -0.444 e. The maximum absolute atomic E-state index is 11.7. The summed E-state index contributed by atoms with van der Waals surface area (Å²) in [4.78, 5) is 23.0. The molecule has 0 atom stereocenters. The van der Waals surface area contributed by atoms with Gasteiger partial charge in [-0.15, -0.1) is 0 Å². The van der Waals surface area contributed by atoms with Gasteiger partial charge in [-0.2, -0.15) is 0 Å². The van der Waals surface area contributed by atoms with Crippen LogP contribution in [0.1, 0.15) is 31.1 Å². The second-order valence-electron chi connectivity index (χ2n) is 5.02. The number of ether oxygens (including phenoxy) is 1. The van der Waals surface area contributed by atoms with Crippen molar-refractivity contribution in [3.63, 3.8) is 0 Å². The molecule has 0 aliphatic heterocycles. The lowest BCUT2D eigenvalue weighted by Crippen LogP contribution is -2.32. The summed E-state index contributed by atoms with van der Waals surface area (Å²) >= 11 is 0. The van der Waals surface area contributed by atoms with Crippen molar-refractivity contribution in [1.82, 2.24) is 5.32 Å². The van der Waals surface area contributed by atoms with Gasteiger partial charge in [0.1, 0.15) is 5.60 Å². The van der Waals surface area contributed by atoms with Crippen LogP contribution in [0.15, 0.2) is 42.5 Å². The molecule has 1 aromatic carbocycles. The molecule has 0 spiro atoms. The molecule has 1 rings (SSSR count). The number of nitrogens with one attached hydrogen (secondary N) is 1. The van der Waals surface area contributed by atoms with E-state index in [2.05, 4.69) is 5.32 Å². The van der Waals surface area contributed by atoms with Crippen LogP contribution in [0, 0.1) is 0 Å². The van der Waals surface area contributed by atoms with Crippen molar-refractivity contribution in [3.05, 3.63) is 48.0 Å². The van der Waals surface area contributed by atoms with Gasteiger partial charge in [0, 0.05) is 12.1 Å². The molecule has 1 aromatic rings. The first kappa shape index (κ1) is 15.0. The number of carbonyl (C=O) groups is 2. The summed E-state index contributed by atoms with van der Waals surface area (Å²) in [6.07, 6.45) is 2.54. The van der Waals surface area contributed by atoms with E-state index in [0.717, 1.165) is 0 Å². The summed E-state index contributed by atoms with van der Waals surface area (Å²) in [6.45, 7) is 5.64. The number of alkyl carbamates (subject to hydrolysis) is 1. The molecule has 0 saturated heterocycles. The second kappa shape index (κ2) is 6.73. The molecule has 0 bridgehead atoms. The van der Waals surface area contributed by atoms with Crippen molar-refractivity contribution in [3.8, 4) is 0 Å². The van der Waals surface area contributed by atoms with Gasteiger partial charge in [-0.05, 0) is 26.8 Å². The smallest absolute Gasteiger partial charge is 0.407 e. The van der Waals surface area contributed by atoms with Gasteiger partial charge in [0.2, 0.25) is 0 Å². The average Bonchev–Trinajstić information content (AvgIpc) is 2.33. The number of amides is 1. The number of carbonyl (C=O) groups excluding carboxylic acids is 2. The third-order valence-electron chi connectivity index (χ3n) is 2.09. The highest BCUT2D eigenvalue weighted by Crippen LogP contribution is 2.06. The third kappa shape index (κ3) is 6.41. The number of benzene rings is 1. The summed E-state index contributed by atoms with van der Waals surface area (Å²) in [7, 11) is 0. The van der Waals surface area contributed by atoms with E-state index in [0.29, 0.717) is 5.56 Å². The highest BCUT2D eigenvalue weighted by atomic mass is 16.6. The van der Waals surface area contributed by atoms with Gasteiger partial charge in [0.15, 0.2) is 5.78 Å². The quantitative estimate of drug-likeness (QED) is 0.669. The highest BCUT2D eigenvalue weighted by molar-refractivity contribution is 6.04. The molecular formula is C15H19NO3. The Labute approximate surface area is 113 Å². The standard InChI is InChI=1S/C15H19NO3/c1-15(2,3)19-14(18)16-11-7-10-13(17)12-8-5-4-6-9-12/h4-10H,11H2,1-3H3,(H,16,18)/b10-7+. The van der Waals surface area contributed by atoms with E-state index in [1.54, 1.807) is 51.1 Å². The van der Waals surface area contributed by atoms with Crippen LogP contribution in [0.2, 0.25) is 0 Å². The Morgan fingerprint density at radius 3 is 2.42 bits per heavy atom. The van der Waals surface area contributed by atoms with Crippen LogP contribution in [0.3, 0.4) is 0 Å². The SMILES string of the molecule is CC(C)(C)OC(=O)NC/C=C/C(=O)c1ccccc1. The number of hydrogen-bond donors (Lipinski definition) is 1. The molecular weight excluding hydrogens is 242 g/mol. The van der Waals surface area contributed by atoms with Crippen LogP contribution in [0.25, 0.3) is 0 Å². The number of hydrogen-bond acceptors (Lipinski definition) is 3. The largest absolute Gasteiger partial charge is 0.444 e. The van der Waals surface area contributed by atoms with E-state index >= 15 is 0 Å². The number of ketones is 1. The normalized spacial score (nSPS) is 11.3. The van der Waals surface area contributed by atoms with Gasteiger partial charge in [-0.1, -0.05) is 36.4 Å². The Morgan fingerprint density at radius 1 is 1.21 bits per heavy atom. The molecule has 4 heteroatoms. The summed E-state index contributed by atoms with van der Waals surface area (Å²) in [6, 6.07) is 8.95. The Kier molecular flexibility index (Phi) is 5.30. The van der Waals surface area contributed by atoms with Crippen molar-refractivity contribution in [2.75, 3.05) is 6.54 Å². The Hall–Kier alpha value is -2.10. The molecule has 1 amide bonds. The molecule has 0 fully saturated rings. The molecule has 1 N–H and O–H groups in total. The van der Waals surface area contributed by atoms with Crippen molar-refractivity contribution in [2.24, 2.45) is 0 Å². The maximum Gasteiger partial charge on any atom is 0.407 e. The van der Waals surface area contributed by atoms with E-state index in [1.807, 2.05) is 6.07 Å². The van der Waals surface area contributed by atoms with E-state index in [4.69, 9.17) is 4.74 Å². The monoisotopic (exact) mass is 261 g/mol. The van der Waals surface area contributed by atoms with E-state index in [9.17, 15) is 9.59 Å². The Morgan fingerprint density at radius 2 is 1.84 bits per heavy atom. The van der Waals surface area contributed by atoms with Crippen molar-refractivity contribution >= 4 is 11.9 Å². The van der Waals surface area contributed by atoms with E-state index in [-0.39, 0.29) is 12.3 Å². The van der Waals surface area contributed by atoms with E-state index in [1.165, 1.54) is 6.08 Å². The van der Waals surface area contributed by atoms with Gasteiger partial charge < -0.3 is 10.1 Å². The minimum absolute atomic E-state index is 0.0911. The molecule has 0 aliphatic carbocycles. The predicted molar refractivity (Wildman–Crippen MR) is 74.1 cm³/mol. The summed E-state index contributed by atoms with van der Waals surface area (Å²) in [5.41, 5.74) is 0.101. The van der Waals surface area contributed by atoms with Crippen molar-refractivity contribution in [1.29, 1.82) is 0 Å². The molecule has 0 heterocycles. The molecule has 0 saturated carbocycles. The first-order valence-electron chi connectivity index (χ1n) is 6.11. The summed E-state index contributed by atoms with van der Waals surface area (Å²) in [5, 5.41) is 2.55. The number of rotatable bonds is 4. The van der Waals surface area contributed by atoms with Crippen LogP contribution in [0.5, 0.6) is 0 Å². The fourth-order valence-corrected chi connectivity index (χ4v) is 1.32. The zero-order valence-corrected chi connectivity index (χ0v) is 11.5. The molecule has 4 nitrogen and oxygen atoms in total. The minimum atomic E-state index is -0.520. The van der Waals surface area contributed by atoms with Crippen LogP contribution in [-0.2, 0) is 4.74 Å². The van der Waals surface area contributed by atoms with Gasteiger partial charge >= 0.3 is 6.09 Å². The van der Waals surface area contributed by atoms with Gasteiger partial charge in [-0.25, -0.2) is 4.79 Å². The molecule has 19 heavy (non-hydrogen) atoms. The van der Waals surface area contributed by atoms with Gasteiger partial charge in [-0.3, -0.25) is 4.79 Å². The van der Waals surface area contributed by atoms with Crippen LogP contribution < -0.4 is 5.32 Å². The molecule has 0 unspecified atom stereocenters. The third-order valence-corrected chi connectivity index (χ3v) is 2.09. The molecule has 0 aromatic heterocycles. The van der Waals surface area contributed by atoms with Crippen molar-refractivity contribution < 1.29 is 14.3 Å². The molecule has 0 aliphatic rings. The first-order valence-corrected chi connectivity index (χ1v) is 6.11. The van der Waals surface area contributed by atoms with Crippen LogP contribution in [-0.4, -0.2) is 24.0 Å². The zero-order chi connectivity index (χ0) is 14.3. The first-order chi connectivity index (χ1) is 8.88. The fourth-order valence-electron chi connectivity index (χ4n) is 1.32. The van der Waals surface area contributed by atoms with Crippen LogP contribution >= 0.6 is 0 Å². The van der Waals surface area contributed by atoms with Gasteiger partial charge in [0.25, 0.3) is 0 Å². The lowest BCUT2D eigenvalue weighted by atomic mass is 10.1. The fraction of sp³-hybridized carbons (Fsp3) is 0.333. The Bertz CT molecular complexity index is 458. The lowest BCUT2D eigenvalue weighted by Gasteiger charge is -2.19. The number of allylic oxidation sites excluding steroid dienone is 1. The van der Waals surface area contributed by atoms with Crippen LogP contribution in [0.4, 0.5) is 4.79 Å². The van der Waals surface area contributed by atoms with E-state index < -0.39 is 11.7 Å². The predicted octanol–water partition coefficient (Wildman–Crippen LogP) is 2.95. The summed E-state index contributed by atoms with van der Waals surface area (Å²) in [5.74, 6) is -0.0911. The molecule has 0 radical (unpaired) electrons. The molecule has 102 valence electrons. The van der Waals surface area contributed by atoms with Gasteiger partial charge in [0.05, 0.1) is 0 Å². The topological polar surface area (TPSA) is 55.4 Å². The average molecular weight is 261 g/mol.